The summed E-state index contributed by atoms with van der Waals surface area (Å²) >= 11 is 1.38. The van der Waals surface area contributed by atoms with Gasteiger partial charge in [-0.05, 0) is 38.1 Å². The molecule has 0 unspecified atom stereocenters. The second-order valence-corrected chi connectivity index (χ2v) is 9.63. The number of fused-ring (bicyclic) bond motifs is 2. The molecule has 3 aromatic rings. The number of hydrogen-bond acceptors (Lipinski definition) is 8. The minimum Gasteiger partial charge on any atom is -0.454 e. The number of amidine groups is 1. The first-order valence-corrected chi connectivity index (χ1v) is 12.1. The predicted octanol–water partition coefficient (Wildman–Crippen LogP) is 2.32. The van der Waals surface area contributed by atoms with E-state index in [1.54, 1.807) is 18.2 Å². The minimum absolute atomic E-state index is 0.0704. The molecule has 1 amide bonds. The molecule has 2 heterocycles. The van der Waals surface area contributed by atoms with Gasteiger partial charge in [0.2, 0.25) is 0 Å². The number of aliphatic imine (C=N–C) groups is 1. The molecule has 0 radical (unpaired) electrons. The van der Waals surface area contributed by atoms with E-state index in [9.17, 15) is 18.0 Å². The van der Waals surface area contributed by atoms with E-state index in [-0.39, 0.29) is 10.7 Å². The molecule has 0 bridgehead atoms. The van der Waals surface area contributed by atoms with Gasteiger partial charge in [-0.2, -0.15) is 0 Å². The molecule has 166 valence electrons. The monoisotopic (exact) mass is 472 g/mol. The number of rotatable bonds is 6. The summed E-state index contributed by atoms with van der Waals surface area (Å²) in [7, 11) is -3.71. The van der Waals surface area contributed by atoms with Gasteiger partial charge in [-0.25, -0.2) is 18.2 Å². The van der Waals surface area contributed by atoms with Gasteiger partial charge in [0.25, 0.3) is 15.9 Å². The summed E-state index contributed by atoms with van der Waals surface area (Å²) in [4.78, 5) is 35.2. The number of benzene rings is 2. The summed E-state index contributed by atoms with van der Waals surface area (Å²) in [5.41, 5.74) is 1.18. The number of aromatic nitrogens is 1. The molecule has 2 aromatic carbocycles. The van der Waals surface area contributed by atoms with Crippen molar-refractivity contribution in [3.63, 3.8) is 0 Å². The molecule has 1 N–H and O–H groups in total. The average Bonchev–Trinajstić information content (AvgIpc) is 3.31. The molecule has 0 aliphatic carbocycles. The summed E-state index contributed by atoms with van der Waals surface area (Å²) in [5.74, 6) is -1.08. The highest BCUT2D eigenvalue weighted by atomic mass is 32.2. The number of para-hydroxylation sites is 1. The van der Waals surface area contributed by atoms with Gasteiger partial charge in [0.15, 0.2) is 11.7 Å². The number of nitrogens with zero attached hydrogens (tertiary/aromatic N) is 3. The van der Waals surface area contributed by atoms with Crippen molar-refractivity contribution in [2.75, 3.05) is 18.1 Å². The first-order valence-electron chi connectivity index (χ1n) is 9.82. The normalized spacial score (nSPS) is 16.4. The maximum absolute atomic E-state index is 12.7. The molecule has 0 spiro atoms. The van der Waals surface area contributed by atoms with Crippen LogP contribution in [0.4, 0.5) is 5.13 Å². The van der Waals surface area contributed by atoms with Gasteiger partial charge >= 0.3 is 5.97 Å². The molecule has 9 nitrogen and oxygen atoms in total. The highest BCUT2D eigenvalue weighted by molar-refractivity contribution is 7.90. The molecule has 11 heteroatoms. The Kier molecular flexibility index (Phi) is 5.94. The molecule has 1 aliphatic rings. The van der Waals surface area contributed by atoms with Crippen LogP contribution in [0.3, 0.4) is 0 Å². The Morgan fingerprint density at radius 3 is 2.66 bits per heavy atom. The molecule has 0 saturated heterocycles. The smallest absolute Gasteiger partial charge is 0.331 e. The SMILES string of the molecule is CCN(C(=O)COC(=O)[C@H](C)N=C1NS(=O)(=O)c2ccccc21)c1nc2ccccc2s1. The fourth-order valence-electron chi connectivity index (χ4n) is 3.20. The second kappa shape index (κ2) is 8.67. The maximum Gasteiger partial charge on any atom is 0.331 e. The van der Waals surface area contributed by atoms with Gasteiger partial charge in [0.1, 0.15) is 11.9 Å². The predicted molar refractivity (Wildman–Crippen MR) is 121 cm³/mol. The molecule has 1 aliphatic heterocycles. The number of likely N-dealkylation sites (N-methyl/N-ethyl adjacent to an activating group) is 1. The van der Waals surface area contributed by atoms with Crippen molar-refractivity contribution in [2.24, 2.45) is 4.99 Å². The zero-order valence-electron chi connectivity index (χ0n) is 17.3. The third-order valence-corrected chi connectivity index (χ3v) is 7.25. The molecule has 0 saturated carbocycles. The van der Waals surface area contributed by atoms with E-state index in [2.05, 4.69) is 14.7 Å². The molecule has 1 atom stereocenters. The second-order valence-electron chi connectivity index (χ2n) is 6.97. The van der Waals surface area contributed by atoms with E-state index in [0.29, 0.717) is 17.2 Å². The van der Waals surface area contributed by atoms with Crippen LogP contribution in [0.25, 0.3) is 10.2 Å². The zero-order valence-corrected chi connectivity index (χ0v) is 18.9. The van der Waals surface area contributed by atoms with Crippen LogP contribution in [0.15, 0.2) is 58.4 Å². The molecule has 0 fully saturated rings. The van der Waals surface area contributed by atoms with Crippen molar-refractivity contribution in [1.29, 1.82) is 0 Å². The number of sulfonamides is 1. The number of esters is 1. The van der Waals surface area contributed by atoms with E-state index in [1.165, 1.54) is 29.2 Å². The Labute approximate surface area is 188 Å². The van der Waals surface area contributed by atoms with E-state index in [4.69, 9.17) is 4.74 Å². The van der Waals surface area contributed by atoms with Gasteiger partial charge in [-0.15, -0.1) is 0 Å². The van der Waals surface area contributed by atoms with Crippen LogP contribution in [-0.4, -0.2) is 50.3 Å². The van der Waals surface area contributed by atoms with Crippen molar-refractivity contribution < 1.29 is 22.7 Å². The highest BCUT2D eigenvalue weighted by Gasteiger charge is 2.31. The zero-order chi connectivity index (χ0) is 22.9. The van der Waals surface area contributed by atoms with Crippen molar-refractivity contribution >= 4 is 54.4 Å². The van der Waals surface area contributed by atoms with Crippen molar-refractivity contribution in [3.05, 3.63) is 54.1 Å². The van der Waals surface area contributed by atoms with Crippen molar-refractivity contribution in [2.45, 2.75) is 24.8 Å². The van der Waals surface area contributed by atoms with Gasteiger partial charge in [-0.3, -0.25) is 19.4 Å². The number of amides is 1. The molecular weight excluding hydrogens is 452 g/mol. The quantitative estimate of drug-likeness (QED) is 0.550. The Bertz CT molecular complexity index is 1300. The number of carbonyl (C=O) groups excluding carboxylic acids is 2. The maximum atomic E-state index is 12.7. The Balaban J connectivity index is 1.43. The summed E-state index contributed by atoms with van der Waals surface area (Å²) < 4.78 is 32.8. The van der Waals surface area contributed by atoms with Crippen LogP contribution < -0.4 is 9.62 Å². The van der Waals surface area contributed by atoms with E-state index < -0.39 is 34.5 Å². The first kappa shape index (κ1) is 21.9. The summed E-state index contributed by atoms with van der Waals surface area (Å²) in [6.07, 6.45) is 0. The molecule has 1 aromatic heterocycles. The number of nitrogens with one attached hydrogen (secondary N) is 1. The van der Waals surface area contributed by atoms with E-state index in [1.807, 2.05) is 31.2 Å². The lowest BCUT2D eigenvalue weighted by atomic mass is 10.2. The van der Waals surface area contributed by atoms with Gasteiger partial charge in [0, 0.05) is 12.1 Å². The number of hydrogen-bond donors (Lipinski definition) is 1. The van der Waals surface area contributed by atoms with Crippen molar-refractivity contribution in [3.8, 4) is 0 Å². The Morgan fingerprint density at radius 2 is 1.91 bits per heavy atom. The topological polar surface area (TPSA) is 118 Å². The highest BCUT2D eigenvalue weighted by Crippen LogP contribution is 2.28. The lowest BCUT2D eigenvalue weighted by Gasteiger charge is -2.18. The minimum atomic E-state index is -3.71. The van der Waals surface area contributed by atoms with Crippen LogP contribution >= 0.6 is 11.3 Å². The number of carbonyl (C=O) groups is 2. The van der Waals surface area contributed by atoms with Gasteiger partial charge in [0.05, 0.1) is 15.1 Å². The first-order chi connectivity index (χ1) is 15.3. The lowest BCUT2D eigenvalue weighted by molar-refractivity contribution is -0.148. The number of thiazole rings is 1. The standard InChI is InChI=1S/C21H20N4O5S2/c1-3-25(21-23-15-9-5-6-10-16(15)31-21)18(26)12-30-20(27)13(2)22-19-14-8-4-7-11-17(14)32(28,29)24-19/h4-11,13H,3,12H2,1-2H3,(H,22,24)/t13-/m0/s1. The molecule has 32 heavy (non-hydrogen) atoms. The van der Waals surface area contributed by atoms with Crippen LogP contribution in [0.2, 0.25) is 0 Å². The fourth-order valence-corrected chi connectivity index (χ4v) is 5.49. The van der Waals surface area contributed by atoms with Gasteiger partial charge in [-0.1, -0.05) is 35.6 Å². The number of ether oxygens (including phenoxy) is 1. The summed E-state index contributed by atoms with van der Waals surface area (Å²) in [5, 5.41) is 0.528. The summed E-state index contributed by atoms with van der Waals surface area (Å²) in [6.45, 7) is 3.18. The van der Waals surface area contributed by atoms with Crippen LogP contribution in [-0.2, 0) is 24.3 Å². The summed E-state index contributed by atoms with van der Waals surface area (Å²) in [6, 6.07) is 12.9. The Morgan fingerprint density at radius 1 is 1.19 bits per heavy atom. The molecule has 4 rings (SSSR count). The largest absolute Gasteiger partial charge is 0.454 e. The molecular formula is C21H20N4O5S2. The van der Waals surface area contributed by atoms with Crippen LogP contribution in [0.1, 0.15) is 19.4 Å². The van der Waals surface area contributed by atoms with E-state index in [0.717, 1.165) is 10.2 Å². The number of anilines is 1. The van der Waals surface area contributed by atoms with Crippen molar-refractivity contribution in [1.82, 2.24) is 9.71 Å². The van der Waals surface area contributed by atoms with Crippen LogP contribution in [0.5, 0.6) is 0 Å². The fraction of sp³-hybridized carbons (Fsp3) is 0.238. The lowest BCUT2D eigenvalue weighted by Crippen LogP contribution is -2.35. The van der Waals surface area contributed by atoms with Gasteiger partial charge < -0.3 is 4.74 Å². The Hall–Kier alpha value is -3.31. The third kappa shape index (κ3) is 4.21. The van der Waals surface area contributed by atoms with E-state index >= 15 is 0 Å². The van der Waals surface area contributed by atoms with Crippen LogP contribution in [0, 0.1) is 0 Å². The third-order valence-electron chi connectivity index (χ3n) is 4.80. The average molecular weight is 473 g/mol.